The number of hydrogen-bond donors (Lipinski definition) is 1. The summed E-state index contributed by atoms with van der Waals surface area (Å²) in [4.78, 5) is 14.9. The standard InChI is InChI=1S/C15H26N2OS/c18-15(13-11-19-10-8-16-13)17-9-4-7-14(17)12-5-2-1-3-6-12/h12-14,16H,1-11H2. The van der Waals surface area contributed by atoms with E-state index < -0.39 is 0 Å². The molecule has 1 aliphatic carbocycles. The Balaban J connectivity index is 1.62. The van der Waals surface area contributed by atoms with Crippen LogP contribution in [-0.4, -0.2) is 47.5 Å². The van der Waals surface area contributed by atoms with Gasteiger partial charge in [0.05, 0.1) is 6.04 Å². The average molecular weight is 282 g/mol. The fraction of sp³-hybridized carbons (Fsp3) is 0.933. The molecule has 3 fully saturated rings. The molecule has 0 aromatic heterocycles. The van der Waals surface area contributed by atoms with Crippen LogP contribution in [0.15, 0.2) is 0 Å². The van der Waals surface area contributed by atoms with E-state index in [1.807, 2.05) is 11.8 Å². The summed E-state index contributed by atoms with van der Waals surface area (Å²) in [6, 6.07) is 0.643. The molecule has 2 aliphatic heterocycles. The Hall–Kier alpha value is -0.220. The normalized spacial score (nSPS) is 33.6. The molecule has 0 aromatic carbocycles. The first-order chi connectivity index (χ1) is 9.36. The van der Waals surface area contributed by atoms with Gasteiger partial charge in [-0.15, -0.1) is 0 Å². The number of nitrogens with zero attached hydrogens (tertiary/aromatic N) is 1. The average Bonchev–Trinajstić information content (AvgIpc) is 2.98. The third kappa shape index (κ3) is 3.10. The summed E-state index contributed by atoms with van der Waals surface area (Å²) >= 11 is 1.92. The second kappa shape index (κ2) is 6.49. The second-order valence-electron chi connectivity index (χ2n) is 6.22. The van der Waals surface area contributed by atoms with E-state index in [9.17, 15) is 4.79 Å². The number of carbonyl (C=O) groups is 1. The summed E-state index contributed by atoms with van der Waals surface area (Å²) in [6.07, 6.45) is 9.31. The number of amides is 1. The van der Waals surface area contributed by atoms with Crippen LogP contribution in [0.3, 0.4) is 0 Å². The van der Waals surface area contributed by atoms with Crippen LogP contribution in [0.4, 0.5) is 0 Å². The molecular weight excluding hydrogens is 256 g/mol. The smallest absolute Gasteiger partial charge is 0.240 e. The van der Waals surface area contributed by atoms with Gasteiger partial charge in [-0.2, -0.15) is 11.8 Å². The molecule has 0 bridgehead atoms. The van der Waals surface area contributed by atoms with Gasteiger partial charge in [-0.3, -0.25) is 4.79 Å². The third-order valence-electron chi connectivity index (χ3n) is 5.00. The van der Waals surface area contributed by atoms with Crippen molar-refractivity contribution in [3.05, 3.63) is 0 Å². The Morgan fingerprint density at radius 1 is 1.11 bits per heavy atom. The highest BCUT2D eigenvalue weighted by atomic mass is 32.2. The predicted octanol–water partition coefficient (Wildman–Crippen LogP) is 2.26. The maximum atomic E-state index is 12.7. The largest absolute Gasteiger partial charge is 0.338 e. The Morgan fingerprint density at radius 2 is 1.95 bits per heavy atom. The molecule has 0 spiro atoms. The molecule has 1 saturated carbocycles. The highest BCUT2D eigenvalue weighted by molar-refractivity contribution is 7.99. The molecule has 3 nitrogen and oxygen atoms in total. The quantitative estimate of drug-likeness (QED) is 0.843. The molecule has 108 valence electrons. The van der Waals surface area contributed by atoms with Crippen LogP contribution in [-0.2, 0) is 4.79 Å². The number of thioether (sulfide) groups is 1. The van der Waals surface area contributed by atoms with Crippen molar-refractivity contribution in [2.75, 3.05) is 24.6 Å². The molecule has 2 atom stereocenters. The van der Waals surface area contributed by atoms with E-state index in [0.29, 0.717) is 11.9 Å². The van der Waals surface area contributed by atoms with E-state index in [4.69, 9.17) is 0 Å². The molecule has 1 N–H and O–H groups in total. The zero-order valence-electron chi connectivity index (χ0n) is 11.8. The molecule has 2 unspecified atom stereocenters. The van der Waals surface area contributed by atoms with Crippen molar-refractivity contribution < 1.29 is 4.79 Å². The van der Waals surface area contributed by atoms with Crippen LogP contribution in [0.25, 0.3) is 0 Å². The molecular formula is C15H26N2OS. The van der Waals surface area contributed by atoms with Crippen LogP contribution in [0.2, 0.25) is 0 Å². The first-order valence-corrected chi connectivity index (χ1v) is 9.13. The van der Waals surface area contributed by atoms with Gasteiger partial charge in [0.15, 0.2) is 0 Å². The van der Waals surface area contributed by atoms with Crippen LogP contribution >= 0.6 is 11.8 Å². The lowest BCUT2D eigenvalue weighted by Crippen LogP contribution is -2.53. The summed E-state index contributed by atoms with van der Waals surface area (Å²) in [5.74, 6) is 3.29. The van der Waals surface area contributed by atoms with E-state index >= 15 is 0 Å². The minimum absolute atomic E-state index is 0.0861. The Kier molecular flexibility index (Phi) is 4.69. The van der Waals surface area contributed by atoms with Crippen molar-refractivity contribution >= 4 is 17.7 Å². The number of hydrogen-bond acceptors (Lipinski definition) is 3. The molecule has 2 saturated heterocycles. The van der Waals surface area contributed by atoms with Gasteiger partial charge in [-0.05, 0) is 31.6 Å². The van der Waals surface area contributed by atoms with Crippen molar-refractivity contribution in [2.45, 2.75) is 57.0 Å². The van der Waals surface area contributed by atoms with E-state index in [-0.39, 0.29) is 6.04 Å². The van der Waals surface area contributed by atoms with E-state index in [2.05, 4.69) is 10.2 Å². The zero-order chi connectivity index (χ0) is 13.1. The fourth-order valence-electron chi connectivity index (χ4n) is 4.00. The van der Waals surface area contributed by atoms with Crippen LogP contribution in [0.1, 0.15) is 44.9 Å². The number of carbonyl (C=O) groups excluding carboxylic acids is 1. The van der Waals surface area contributed by atoms with E-state index in [1.165, 1.54) is 44.9 Å². The number of rotatable bonds is 2. The van der Waals surface area contributed by atoms with Gasteiger partial charge in [0.25, 0.3) is 0 Å². The third-order valence-corrected chi connectivity index (χ3v) is 6.06. The molecule has 1 amide bonds. The van der Waals surface area contributed by atoms with Gasteiger partial charge in [0.1, 0.15) is 0 Å². The number of likely N-dealkylation sites (tertiary alicyclic amines) is 1. The first-order valence-electron chi connectivity index (χ1n) is 7.98. The molecule has 19 heavy (non-hydrogen) atoms. The molecule has 4 heteroatoms. The summed E-state index contributed by atoms with van der Waals surface area (Å²) in [7, 11) is 0. The van der Waals surface area contributed by atoms with Crippen molar-refractivity contribution in [3.8, 4) is 0 Å². The topological polar surface area (TPSA) is 32.3 Å². The number of nitrogens with one attached hydrogen (secondary N) is 1. The van der Waals surface area contributed by atoms with Crippen LogP contribution in [0, 0.1) is 5.92 Å². The van der Waals surface area contributed by atoms with Crippen LogP contribution in [0.5, 0.6) is 0 Å². The second-order valence-corrected chi connectivity index (χ2v) is 7.37. The summed E-state index contributed by atoms with van der Waals surface area (Å²) in [6.45, 7) is 1.99. The molecule has 3 aliphatic rings. The van der Waals surface area contributed by atoms with E-state index in [0.717, 1.165) is 30.5 Å². The predicted molar refractivity (Wildman–Crippen MR) is 80.4 cm³/mol. The lowest BCUT2D eigenvalue weighted by atomic mass is 9.83. The fourth-order valence-corrected chi connectivity index (χ4v) is 4.92. The van der Waals surface area contributed by atoms with Gasteiger partial charge < -0.3 is 10.2 Å². The minimum Gasteiger partial charge on any atom is -0.338 e. The maximum absolute atomic E-state index is 12.7. The zero-order valence-corrected chi connectivity index (χ0v) is 12.6. The summed E-state index contributed by atoms with van der Waals surface area (Å²) in [5.41, 5.74) is 0. The Bertz CT molecular complexity index is 311. The first kappa shape index (κ1) is 13.7. The lowest BCUT2D eigenvalue weighted by molar-refractivity contribution is -0.134. The highest BCUT2D eigenvalue weighted by Crippen LogP contribution is 2.34. The molecule has 0 radical (unpaired) electrons. The maximum Gasteiger partial charge on any atom is 0.240 e. The highest BCUT2D eigenvalue weighted by Gasteiger charge is 2.37. The molecule has 3 rings (SSSR count). The van der Waals surface area contributed by atoms with Crippen LogP contribution < -0.4 is 5.32 Å². The van der Waals surface area contributed by atoms with Crippen molar-refractivity contribution in [1.29, 1.82) is 0 Å². The minimum atomic E-state index is 0.0861. The van der Waals surface area contributed by atoms with Crippen molar-refractivity contribution in [1.82, 2.24) is 10.2 Å². The van der Waals surface area contributed by atoms with Gasteiger partial charge in [-0.25, -0.2) is 0 Å². The monoisotopic (exact) mass is 282 g/mol. The summed E-state index contributed by atoms with van der Waals surface area (Å²) < 4.78 is 0. The van der Waals surface area contributed by atoms with Gasteiger partial charge in [0, 0.05) is 30.6 Å². The van der Waals surface area contributed by atoms with Gasteiger partial charge in [0.2, 0.25) is 5.91 Å². The molecule has 0 aromatic rings. The van der Waals surface area contributed by atoms with E-state index in [1.54, 1.807) is 0 Å². The Morgan fingerprint density at radius 3 is 2.68 bits per heavy atom. The molecule has 2 heterocycles. The lowest BCUT2D eigenvalue weighted by Gasteiger charge is -2.36. The summed E-state index contributed by atoms with van der Waals surface area (Å²) in [5, 5.41) is 3.41. The van der Waals surface area contributed by atoms with Gasteiger partial charge in [-0.1, -0.05) is 19.3 Å². The van der Waals surface area contributed by atoms with Crippen molar-refractivity contribution in [2.24, 2.45) is 5.92 Å². The SMILES string of the molecule is O=C(C1CSCCN1)N1CCCC1C1CCCCC1. The Labute approximate surface area is 120 Å². The van der Waals surface area contributed by atoms with Gasteiger partial charge >= 0.3 is 0 Å². The van der Waals surface area contributed by atoms with Crippen molar-refractivity contribution in [3.63, 3.8) is 0 Å².